The van der Waals surface area contributed by atoms with Crippen LogP contribution in [0.5, 0.6) is 0 Å². The van der Waals surface area contributed by atoms with Crippen LogP contribution in [-0.2, 0) is 5.41 Å². The Kier molecular flexibility index (Phi) is 8.65. The van der Waals surface area contributed by atoms with Gasteiger partial charge in [0.2, 0.25) is 0 Å². The topological polar surface area (TPSA) is 38.7 Å². The fourth-order valence-electron chi connectivity index (χ4n) is 9.52. The highest BCUT2D eigenvalue weighted by Crippen LogP contribution is 2.59. The second kappa shape index (κ2) is 14.8. The summed E-state index contributed by atoms with van der Waals surface area (Å²) < 4.78 is 0. The lowest BCUT2D eigenvalue weighted by molar-refractivity contribution is 0.704. The summed E-state index contributed by atoms with van der Waals surface area (Å²) in [6.45, 7) is 0. The predicted molar refractivity (Wildman–Crippen MR) is 256 cm³/mol. The van der Waals surface area contributed by atoms with Gasteiger partial charge in [0, 0.05) is 26.5 Å². The third kappa shape index (κ3) is 5.94. The molecule has 1 aliphatic heterocycles. The van der Waals surface area contributed by atoms with E-state index in [2.05, 4.69) is 206 Å². The SMILES string of the molecule is C1=Cc2ccc(-c3nc(-c4ccccc4)nc(-c4cc(-c5ccccc5)cc(-c5ccccc5)c4)n3)cc2C2(c3ccccc31)c1ccccc1Sc1c2ccc2ccccc12. The number of hydrogen-bond donors (Lipinski definition) is 0. The third-order valence-electron chi connectivity index (χ3n) is 12.4. The highest BCUT2D eigenvalue weighted by molar-refractivity contribution is 7.99. The van der Waals surface area contributed by atoms with Gasteiger partial charge in [0.1, 0.15) is 0 Å². The fourth-order valence-corrected chi connectivity index (χ4v) is 10.8. The van der Waals surface area contributed by atoms with E-state index >= 15 is 0 Å². The zero-order chi connectivity index (χ0) is 41.0. The van der Waals surface area contributed by atoms with Gasteiger partial charge in [-0.2, -0.15) is 0 Å². The number of aromatic nitrogens is 3. The van der Waals surface area contributed by atoms with Gasteiger partial charge in [-0.25, -0.2) is 15.0 Å². The summed E-state index contributed by atoms with van der Waals surface area (Å²) in [4.78, 5) is 18.5. The number of nitrogens with zero attached hydrogens (tertiary/aromatic N) is 3. The lowest BCUT2D eigenvalue weighted by Crippen LogP contribution is -2.35. The Morgan fingerprint density at radius 1 is 0.323 bits per heavy atom. The standard InChI is InChI=1S/C58H37N3S/c1-4-16-38(17-5-1)45-34-46(39-18-6-2-7-19-39)36-47(35-45)57-60-55(43-22-8-3-9-23-43)59-56(61-57)44-31-30-42-29-28-41-21-11-13-25-49(41)58(52(42)37-44)50-26-14-15-27-53(50)62-54-48-24-12-10-20-40(48)32-33-51(54)58/h1-37H. The molecule has 3 nitrogen and oxygen atoms in total. The van der Waals surface area contributed by atoms with Gasteiger partial charge in [-0.1, -0.05) is 206 Å². The van der Waals surface area contributed by atoms with Crippen LogP contribution in [0.2, 0.25) is 0 Å². The predicted octanol–water partition coefficient (Wildman–Crippen LogP) is 14.7. The summed E-state index contributed by atoms with van der Waals surface area (Å²) in [6.07, 6.45) is 4.57. The van der Waals surface area contributed by atoms with Crippen LogP contribution in [-0.4, -0.2) is 15.0 Å². The molecule has 0 N–H and O–H groups in total. The lowest BCUT2D eigenvalue weighted by atomic mass is 9.63. The van der Waals surface area contributed by atoms with Gasteiger partial charge in [-0.05, 0) is 96.7 Å². The van der Waals surface area contributed by atoms with Crippen molar-refractivity contribution in [3.05, 3.63) is 246 Å². The Morgan fingerprint density at radius 3 is 1.56 bits per heavy atom. The molecule has 62 heavy (non-hydrogen) atoms. The van der Waals surface area contributed by atoms with Gasteiger partial charge in [0.15, 0.2) is 17.5 Å². The molecular weight excluding hydrogens is 771 g/mol. The Bertz CT molecular complexity index is 3320. The Hall–Kier alpha value is -7.66. The van der Waals surface area contributed by atoms with Crippen LogP contribution in [0.25, 0.3) is 79.3 Å². The fraction of sp³-hybridized carbons (Fsp3) is 0.0172. The van der Waals surface area contributed by atoms with Crippen molar-refractivity contribution in [2.75, 3.05) is 0 Å². The summed E-state index contributed by atoms with van der Waals surface area (Å²) in [6, 6.07) is 76.1. The van der Waals surface area contributed by atoms with E-state index < -0.39 is 5.41 Å². The van der Waals surface area contributed by atoms with Gasteiger partial charge in [-0.15, -0.1) is 0 Å². The summed E-state index contributed by atoms with van der Waals surface area (Å²) >= 11 is 1.88. The Balaban J connectivity index is 1.13. The molecule has 0 fully saturated rings. The first-order valence-corrected chi connectivity index (χ1v) is 21.8. The van der Waals surface area contributed by atoms with E-state index in [1.807, 2.05) is 30.0 Å². The number of hydrogen-bond acceptors (Lipinski definition) is 4. The van der Waals surface area contributed by atoms with Gasteiger partial charge < -0.3 is 0 Å². The first kappa shape index (κ1) is 36.2. The van der Waals surface area contributed by atoms with E-state index in [-0.39, 0.29) is 0 Å². The molecule has 4 heteroatoms. The molecule has 1 aliphatic carbocycles. The van der Waals surface area contributed by atoms with Crippen LogP contribution in [0.3, 0.4) is 0 Å². The molecule has 290 valence electrons. The maximum Gasteiger partial charge on any atom is 0.164 e. The zero-order valence-electron chi connectivity index (χ0n) is 33.6. The molecule has 1 unspecified atom stereocenters. The van der Waals surface area contributed by atoms with E-state index in [0.29, 0.717) is 17.5 Å². The molecule has 2 heterocycles. The average molecular weight is 808 g/mol. The average Bonchev–Trinajstić information content (AvgIpc) is 3.49. The molecule has 1 atom stereocenters. The van der Waals surface area contributed by atoms with Crippen molar-refractivity contribution in [1.82, 2.24) is 15.0 Å². The van der Waals surface area contributed by atoms with Crippen molar-refractivity contribution >= 4 is 34.7 Å². The van der Waals surface area contributed by atoms with Crippen molar-refractivity contribution in [1.29, 1.82) is 0 Å². The summed E-state index contributed by atoms with van der Waals surface area (Å²) in [5, 5.41) is 2.50. The van der Waals surface area contributed by atoms with E-state index in [1.165, 1.54) is 48.4 Å². The van der Waals surface area contributed by atoms with Crippen molar-refractivity contribution in [3.63, 3.8) is 0 Å². The molecule has 0 saturated carbocycles. The molecule has 0 radical (unpaired) electrons. The Morgan fingerprint density at radius 2 is 0.855 bits per heavy atom. The van der Waals surface area contributed by atoms with E-state index in [9.17, 15) is 0 Å². The van der Waals surface area contributed by atoms with Crippen LogP contribution >= 0.6 is 11.8 Å². The van der Waals surface area contributed by atoms with Crippen molar-refractivity contribution in [2.24, 2.45) is 0 Å². The smallest absolute Gasteiger partial charge is 0.164 e. The largest absolute Gasteiger partial charge is 0.208 e. The molecule has 0 amide bonds. The zero-order valence-corrected chi connectivity index (χ0v) is 34.4. The van der Waals surface area contributed by atoms with E-state index in [1.54, 1.807) is 0 Å². The molecule has 12 rings (SSSR count). The normalized spacial score (nSPS) is 14.7. The van der Waals surface area contributed by atoms with Crippen LogP contribution < -0.4 is 0 Å². The summed E-state index contributed by atoms with van der Waals surface area (Å²) in [5.41, 5.74) is 14.0. The van der Waals surface area contributed by atoms with Crippen LogP contribution in [0.1, 0.15) is 33.4 Å². The van der Waals surface area contributed by atoms with E-state index in [0.717, 1.165) is 44.5 Å². The molecule has 1 spiro atoms. The van der Waals surface area contributed by atoms with Crippen molar-refractivity contribution in [2.45, 2.75) is 15.2 Å². The highest BCUT2D eigenvalue weighted by Gasteiger charge is 2.47. The second-order valence-electron chi connectivity index (χ2n) is 15.9. The van der Waals surface area contributed by atoms with E-state index in [4.69, 9.17) is 15.0 Å². The van der Waals surface area contributed by atoms with Crippen LogP contribution in [0.4, 0.5) is 0 Å². The van der Waals surface area contributed by atoms with Gasteiger partial charge in [0.05, 0.1) is 5.41 Å². The number of fused-ring (bicyclic) bond motifs is 10. The first-order chi connectivity index (χ1) is 30.7. The lowest BCUT2D eigenvalue weighted by Gasteiger charge is -2.43. The molecule has 1 aromatic heterocycles. The Labute approximate surface area is 365 Å². The third-order valence-corrected chi connectivity index (χ3v) is 13.6. The van der Waals surface area contributed by atoms with Crippen molar-refractivity contribution in [3.8, 4) is 56.4 Å². The molecule has 10 aromatic rings. The molecular formula is C58H37N3S. The van der Waals surface area contributed by atoms with Gasteiger partial charge >= 0.3 is 0 Å². The maximum atomic E-state index is 5.40. The monoisotopic (exact) mass is 807 g/mol. The molecule has 2 aliphatic rings. The maximum absolute atomic E-state index is 5.40. The minimum absolute atomic E-state index is 0.620. The minimum Gasteiger partial charge on any atom is -0.208 e. The van der Waals surface area contributed by atoms with Gasteiger partial charge in [0.25, 0.3) is 0 Å². The molecule has 9 aromatic carbocycles. The molecule has 0 saturated heterocycles. The summed E-state index contributed by atoms with van der Waals surface area (Å²) in [7, 11) is 0. The van der Waals surface area contributed by atoms with Crippen LogP contribution in [0, 0.1) is 0 Å². The number of benzene rings is 9. The van der Waals surface area contributed by atoms with Crippen molar-refractivity contribution < 1.29 is 0 Å². The quantitative estimate of drug-likeness (QED) is 0.174. The van der Waals surface area contributed by atoms with Crippen LogP contribution in [0.15, 0.2) is 222 Å². The molecule has 0 bridgehead atoms. The number of rotatable bonds is 5. The summed E-state index contributed by atoms with van der Waals surface area (Å²) in [5.74, 6) is 1.87. The minimum atomic E-state index is -0.640. The second-order valence-corrected chi connectivity index (χ2v) is 17.0. The van der Waals surface area contributed by atoms with Gasteiger partial charge in [-0.3, -0.25) is 0 Å². The first-order valence-electron chi connectivity index (χ1n) is 21.0. The highest BCUT2D eigenvalue weighted by atomic mass is 32.2.